The molecule has 0 bridgehead atoms. The maximum Gasteiger partial charge on any atom is 0.299 e. The minimum atomic E-state index is -1.16. The third kappa shape index (κ3) is 5.67. The van der Waals surface area contributed by atoms with Crippen molar-refractivity contribution < 1.29 is 33.4 Å². The minimum Gasteiger partial charge on any atom is -0.497 e. The predicted molar refractivity (Wildman–Crippen MR) is 162 cm³/mol. The number of carbonyl (C=O) groups excluding carboxylic acids is 4. The number of ketones is 1. The van der Waals surface area contributed by atoms with Crippen LogP contribution in [0.1, 0.15) is 27.5 Å². The average molecular weight is 612 g/mol. The first-order chi connectivity index (χ1) is 21.3. The van der Waals surface area contributed by atoms with Crippen LogP contribution in [0.2, 0.25) is 5.02 Å². The van der Waals surface area contributed by atoms with Crippen LogP contribution in [0, 0.1) is 0 Å². The second-order valence-corrected chi connectivity index (χ2v) is 10.6. The van der Waals surface area contributed by atoms with Crippen LogP contribution < -0.4 is 24.4 Å². The molecular weight excluding hydrogens is 586 g/mol. The molecule has 2 aliphatic rings. The number of nitrogens with zero attached hydrogens (tertiary/aromatic N) is 2. The third-order valence-electron chi connectivity index (χ3n) is 7.39. The second-order valence-electron chi connectivity index (χ2n) is 10.1. The quantitative estimate of drug-likeness (QED) is 0.265. The first-order valence-corrected chi connectivity index (χ1v) is 14.0. The van der Waals surface area contributed by atoms with Crippen molar-refractivity contribution in [2.45, 2.75) is 12.6 Å². The summed E-state index contributed by atoms with van der Waals surface area (Å²) < 4.78 is 16.1. The van der Waals surface area contributed by atoms with Crippen LogP contribution in [0.15, 0.2) is 91.0 Å². The van der Waals surface area contributed by atoms with E-state index in [1.807, 2.05) is 0 Å². The Bertz CT molecular complexity index is 1760. The summed E-state index contributed by atoms with van der Waals surface area (Å²) in [6.45, 7) is -0.382. The molecule has 0 aromatic heterocycles. The predicted octanol–water partition coefficient (Wildman–Crippen LogP) is 5.02. The van der Waals surface area contributed by atoms with Gasteiger partial charge >= 0.3 is 0 Å². The van der Waals surface area contributed by atoms with Crippen molar-refractivity contribution in [2.75, 3.05) is 30.7 Å². The molecule has 2 aliphatic heterocycles. The van der Waals surface area contributed by atoms with Gasteiger partial charge in [0.25, 0.3) is 17.6 Å². The van der Waals surface area contributed by atoms with Gasteiger partial charge in [0.05, 0.1) is 18.4 Å². The molecule has 11 heteroatoms. The summed E-state index contributed by atoms with van der Waals surface area (Å²) in [5, 5.41) is 3.35. The number of halogens is 1. The van der Waals surface area contributed by atoms with E-state index in [9.17, 15) is 19.2 Å². The number of amides is 3. The van der Waals surface area contributed by atoms with Crippen LogP contribution in [-0.2, 0) is 20.9 Å². The molecule has 4 aromatic carbocycles. The van der Waals surface area contributed by atoms with Crippen LogP contribution in [0.4, 0.5) is 11.4 Å². The Labute approximate surface area is 257 Å². The zero-order chi connectivity index (χ0) is 30.8. The topological polar surface area (TPSA) is 114 Å². The molecule has 0 fully saturated rings. The monoisotopic (exact) mass is 611 g/mol. The number of rotatable bonds is 9. The number of carbonyl (C=O) groups is 4. The highest BCUT2D eigenvalue weighted by Gasteiger charge is 2.39. The molecule has 6 rings (SSSR count). The van der Waals surface area contributed by atoms with Crippen molar-refractivity contribution in [1.82, 2.24) is 4.90 Å². The van der Waals surface area contributed by atoms with E-state index in [1.165, 1.54) is 4.90 Å². The van der Waals surface area contributed by atoms with E-state index in [1.54, 1.807) is 98.1 Å². The highest BCUT2D eigenvalue weighted by molar-refractivity contribution is 6.52. The third-order valence-corrected chi connectivity index (χ3v) is 7.64. The van der Waals surface area contributed by atoms with Crippen molar-refractivity contribution in [1.29, 1.82) is 0 Å². The SMILES string of the molecule is COc1ccc(CN(C(=O)CN2C(=O)C(=O)c3ccccc32)[C@H](C(=O)Nc2ccc3c(c2)OCO3)c2ccc(Cl)cc2)cc1. The standard InChI is InChI=1S/C33H26ClN3O7/c1-42-24-13-6-20(7-14-24)17-37(29(38)18-36-26-5-3-2-4-25(26)31(39)33(36)41)30(21-8-10-22(34)11-9-21)32(40)35-23-12-15-27-28(16-23)44-19-43-27/h2-16,30H,17-19H2,1H3,(H,35,40)/t30-/m0/s1. The molecule has 10 nitrogen and oxygen atoms in total. The Morgan fingerprint density at radius 1 is 0.955 bits per heavy atom. The lowest BCUT2D eigenvalue weighted by atomic mass is 10.0. The van der Waals surface area contributed by atoms with Crippen LogP contribution in [0.3, 0.4) is 0 Å². The normalized spacial score (nSPS) is 13.8. The highest BCUT2D eigenvalue weighted by Crippen LogP contribution is 2.35. The number of hydrogen-bond donors (Lipinski definition) is 1. The van der Waals surface area contributed by atoms with Gasteiger partial charge in [0.15, 0.2) is 11.5 Å². The molecule has 0 aliphatic carbocycles. The number of anilines is 2. The first-order valence-electron chi connectivity index (χ1n) is 13.7. The number of nitrogens with one attached hydrogen (secondary N) is 1. The lowest BCUT2D eigenvalue weighted by Crippen LogP contribution is -2.46. The largest absolute Gasteiger partial charge is 0.497 e. The van der Waals surface area contributed by atoms with Gasteiger partial charge in [-0.1, -0.05) is 48.0 Å². The Morgan fingerprint density at radius 3 is 2.43 bits per heavy atom. The fourth-order valence-electron chi connectivity index (χ4n) is 5.19. The summed E-state index contributed by atoms with van der Waals surface area (Å²) >= 11 is 6.18. The van der Waals surface area contributed by atoms with E-state index in [0.717, 1.165) is 4.90 Å². The van der Waals surface area contributed by atoms with Gasteiger partial charge in [0, 0.05) is 23.3 Å². The average Bonchev–Trinajstić information content (AvgIpc) is 3.60. The van der Waals surface area contributed by atoms with Crippen molar-refractivity contribution >= 4 is 46.5 Å². The van der Waals surface area contributed by atoms with E-state index in [4.69, 9.17) is 25.8 Å². The summed E-state index contributed by atoms with van der Waals surface area (Å²) in [4.78, 5) is 56.5. The summed E-state index contributed by atoms with van der Waals surface area (Å²) in [6, 6.07) is 24.0. The molecule has 0 saturated carbocycles. The number of hydrogen-bond acceptors (Lipinski definition) is 7. The van der Waals surface area contributed by atoms with Gasteiger partial charge < -0.3 is 24.4 Å². The fourth-order valence-corrected chi connectivity index (χ4v) is 5.31. The smallest absolute Gasteiger partial charge is 0.299 e. The molecule has 1 N–H and O–H groups in total. The van der Waals surface area contributed by atoms with Gasteiger partial charge in [-0.05, 0) is 59.7 Å². The minimum absolute atomic E-state index is 0.00229. The second kappa shape index (κ2) is 12.1. The van der Waals surface area contributed by atoms with Crippen molar-refractivity contribution in [3.8, 4) is 17.2 Å². The van der Waals surface area contributed by atoms with Gasteiger partial charge in [-0.2, -0.15) is 0 Å². The summed E-state index contributed by atoms with van der Waals surface area (Å²) in [7, 11) is 1.55. The zero-order valence-corrected chi connectivity index (χ0v) is 24.2. The molecule has 1 atom stereocenters. The highest BCUT2D eigenvalue weighted by atomic mass is 35.5. The molecule has 2 heterocycles. The molecule has 0 radical (unpaired) electrons. The van der Waals surface area contributed by atoms with Crippen LogP contribution in [-0.4, -0.2) is 48.9 Å². The molecule has 0 saturated heterocycles. The first kappa shape index (κ1) is 28.8. The Hall–Kier alpha value is -5.35. The van der Waals surface area contributed by atoms with E-state index in [2.05, 4.69) is 5.32 Å². The molecule has 222 valence electrons. The molecule has 4 aromatic rings. The summed E-state index contributed by atoms with van der Waals surface area (Å²) in [5.74, 6) is -0.913. The fraction of sp³-hybridized carbons (Fsp3) is 0.152. The Morgan fingerprint density at radius 2 is 1.68 bits per heavy atom. The number of benzene rings is 4. The number of fused-ring (bicyclic) bond motifs is 2. The van der Waals surface area contributed by atoms with Crippen LogP contribution >= 0.6 is 11.6 Å². The van der Waals surface area contributed by atoms with Gasteiger partial charge in [0.2, 0.25) is 12.7 Å². The van der Waals surface area contributed by atoms with Crippen LogP contribution in [0.25, 0.3) is 0 Å². The lowest BCUT2D eigenvalue weighted by Gasteiger charge is -2.33. The summed E-state index contributed by atoms with van der Waals surface area (Å²) in [6.07, 6.45) is 0. The van der Waals surface area contributed by atoms with Gasteiger partial charge in [-0.15, -0.1) is 0 Å². The van der Waals surface area contributed by atoms with E-state index >= 15 is 0 Å². The van der Waals surface area contributed by atoms with Gasteiger partial charge in [-0.25, -0.2) is 0 Å². The van der Waals surface area contributed by atoms with Gasteiger partial charge in [-0.3, -0.25) is 24.1 Å². The van der Waals surface area contributed by atoms with Crippen molar-refractivity contribution in [2.24, 2.45) is 0 Å². The van der Waals surface area contributed by atoms with E-state index in [0.29, 0.717) is 44.8 Å². The molecule has 0 unspecified atom stereocenters. The van der Waals surface area contributed by atoms with Crippen LogP contribution in [0.5, 0.6) is 17.2 Å². The maximum absolute atomic E-state index is 14.2. The molecule has 44 heavy (non-hydrogen) atoms. The maximum atomic E-state index is 14.2. The number of para-hydroxylation sites is 1. The molecule has 3 amide bonds. The number of ether oxygens (including phenoxy) is 3. The molecule has 0 spiro atoms. The van der Waals surface area contributed by atoms with E-state index in [-0.39, 0.29) is 18.9 Å². The van der Waals surface area contributed by atoms with Crippen molar-refractivity contribution in [3.05, 3.63) is 113 Å². The summed E-state index contributed by atoms with van der Waals surface area (Å²) in [5.41, 5.74) is 2.19. The number of Topliss-reactive ketones (excluding diaryl/α,β-unsaturated/α-hetero) is 1. The lowest BCUT2D eigenvalue weighted by molar-refractivity contribution is -0.139. The van der Waals surface area contributed by atoms with Gasteiger partial charge in [0.1, 0.15) is 18.3 Å². The van der Waals surface area contributed by atoms with Crippen molar-refractivity contribution in [3.63, 3.8) is 0 Å². The number of methoxy groups -OCH3 is 1. The Kier molecular flexibility index (Phi) is 7.91. The zero-order valence-electron chi connectivity index (χ0n) is 23.5. The van der Waals surface area contributed by atoms with E-state index < -0.39 is 36.1 Å². The Balaban J connectivity index is 1.38. The molecular formula is C33H26ClN3O7.